The van der Waals surface area contributed by atoms with Crippen LogP contribution < -0.4 is 15.4 Å². The minimum Gasteiger partial charge on any atom is -0.872 e. The van der Waals surface area contributed by atoms with E-state index in [9.17, 15) is 23.1 Å². The monoisotopic (exact) mass is 483 g/mol. The number of nitrogens with one attached hydrogen (secondary N) is 1. The van der Waals surface area contributed by atoms with E-state index < -0.39 is 28.7 Å². The maximum Gasteiger partial charge on any atom is 0.450 e. The van der Waals surface area contributed by atoms with Gasteiger partial charge in [0, 0.05) is 10.0 Å². The van der Waals surface area contributed by atoms with Gasteiger partial charge in [-0.3, -0.25) is 4.79 Å². The number of fused-ring (bicyclic) bond motifs is 1. The first kappa shape index (κ1) is 20.9. The molecule has 4 rings (SSSR count). The van der Waals surface area contributed by atoms with Crippen molar-refractivity contribution in [2.24, 2.45) is 0 Å². The Morgan fingerprint density at radius 1 is 1.07 bits per heavy atom. The molecular weight excluding hydrogens is 467 g/mol. The molecule has 1 aliphatic rings. The van der Waals surface area contributed by atoms with Crippen molar-refractivity contribution in [2.45, 2.75) is 12.7 Å². The van der Waals surface area contributed by atoms with E-state index in [1.807, 2.05) is 0 Å². The molecule has 0 unspecified atom stereocenters. The summed E-state index contributed by atoms with van der Waals surface area (Å²) in [5, 5.41) is 12.4. The third-order valence-electron chi connectivity index (χ3n) is 5.14. The zero-order valence-electron chi connectivity index (χ0n) is 15.6. The van der Waals surface area contributed by atoms with Crippen molar-refractivity contribution in [2.75, 3.05) is 26.3 Å². The van der Waals surface area contributed by atoms with E-state index in [1.165, 1.54) is 24.3 Å². The molecular formula is C21H17BrF3NO4. The molecule has 0 bridgehead atoms. The zero-order valence-corrected chi connectivity index (χ0v) is 17.2. The maximum atomic E-state index is 13.9. The number of alkyl halides is 3. The first-order chi connectivity index (χ1) is 14.3. The molecule has 1 saturated heterocycles. The van der Waals surface area contributed by atoms with Crippen molar-refractivity contribution in [1.82, 2.24) is 0 Å². The van der Waals surface area contributed by atoms with Gasteiger partial charge in [-0.25, -0.2) is 0 Å². The molecule has 0 radical (unpaired) electrons. The van der Waals surface area contributed by atoms with Crippen LogP contribution >= 0.6 is 15.9 Å². The van der Waals surface area contributed by atoms with Crippen LogP contribution in [0.1, 0.15) is 11.3 Å². The summed E-state index contributed by atoms with van der Waals surface area (Å²) in [5.74, 6) is -1.85. The molecule has 0 aliphatic carbocycles. The number of morpholine rings is 1. The molecule has 5 nitrogen and oxygen atoms in total. The van der Waals surface area contributed by atoms with Crippen LogP contribution in [0.2, 0.25) is 0 Å². The first-order valence-electron chi connectivity index (χ1n) is 9.30. The highest BCUT2D eigenvalue weighted by Gasteiger charge is 2.39. The standard InChI is InChI=1S/C21H17BrF3NO4/c22-13-3-1-12(2-4-13)17-18(28)14-5-6-16(27)15(11-26-7-9-29-10-8-26)19(14)30-20(17)21(23,24)25/h1-6,27H,7-11H2. The molecule has 2 heterocycles. The molecule has 0 atom stereocenters. The summed E-state index contributed by atoms with van der Waals surface area (Å²) in [4.78, 5) is 14.1. The molecule has 2 aromatic carbocycles. The topological polar surface area (TPSA) is 66.9 Å². The van der Waals surface area contributed by atoms with Crippen LogP contribution in [-0.4, -0.2) is 26.3 Å². The highest BCUT2D eigenvalue weighted by Crippen LogP contribution is 2.38. The fourth-order valence-corrected chi connectivity index (χ4v) is 3.89. The van der Waals surface area contributed by atoms with Crippen LogP contribution in [-0.2, 0) is 17.5 Å². The van der Waals surface area contributed by atoms with Gasteiger partial charge in [-0.1, -0.05) is 39.9 Å². The van der Waals surface area contributed by atoms with Gasteiger partial charge < -0.3 is 19.2 Å². The van der Waals surface area contributed by atoms with Crippen molar-refractivity contribution in [3.63, 3.8) is 0 Å². The first-order valence-corrected chi connectivity index (χ1v) is 10.1. The molecule has 3 aromatic rings. The lowest BCUT2D eigenvalue weighted by molar-refractivity contribution is -0.921. The Bertz CT molecular complexity index is 1140. The molecule has 0 saturated carbocycles. The van der Waals surface area contributed by atoms with Gasteiger partial charge in [0.25, 0.3) is 0 Å². The summed E-state index contributed by atoms with van der Waals surface area (Å²) in [6, 6.07) is 8.38. The van der Waals surface area contributed by atoms with Crippen LogP contribution in [0.25, 0.3) is 22.1 Å². The largest absolute Gasteiger partial charge is 0.872 e. The predicted octanol–water partition coefficient (Wildman–Crippen LogP) is 2.73. The molecule has 0 amide bonds. The molecule has 1 fully saturated rings. The second-order valence-electron chi connectivity index (χ2n) is 7.10. The number of benzene rings is 2. The number of rotatable bonds is 3. The number of ether oxygens (including phenoxy) is 1. The molecule has 1 aliphatic heterocycles. The summed E-state index contributed by atoms with van der Waals surface area (Å²) in [6.45, 7) is 2.39. The van der Waals surface area contributed by atoms with Crippen LogP contribution in [0, 0.1) is 0 Å². The van der Waals surface area contributed by atoms with Gasteiger partial charge in [0.05, 0.1) is 24.2 Å². The summed E-state index contributed by atoms with van der Waals surface area (Å²) in [7, 11) is 0. The van der Waals surface area contributed by atoms with Crippen LogP contribution in [0.4, 0.5) is 13.2 Å². The number of halogens is 4. The van der Waals surface area contributed by atoms with Crippen molar-refractivity contribution in [3.05, 3.63) is 62.4 Å². The summed E-state index contributed by atoms with van der Waals surface area (Å²) >= 11 is 3.23. The van der Waals surface area contributed by atoms with E-state index in [0.717, 1.165) is 4.90 Å². The Kier molecular flexibility index (Phi) is 5.61. The van der Waals surface area contributed by atoms with Crippen molar-refractivity contribution < 1.29 is 32.3 Å². The lowest BCUT2D eigenvalue weighted by Crippen LogP contribution is -3.12. The van der Waals surface area contributed by atoms with Crippen LogP contribution in [0.5, 0.6) is 5.75 Å². The third kappa shape index (κ3) is 3.97. The minimum atomic E-state index is -4.91. The lowest BCUT2D eigenvalue weighted by Gasteiger charge is -2.26. The Balaban J connectivity index is 1.96. The average Bonchev–Trinajstić information content (AvgIpc) is 2.71. The number of hydrogen-bond acceptors (Lipinski definition) is 4. The lowest BCUT2D eigenvalue weighted by atomic mass is 10.00. The molecule has 158 valence electrons. The fourth-order valence-electron chi connectivity index (χ4n) is 3.63. The number of hydrogen-bond donors (Lipinski definition) is 1. The quantitative estimate of drug-likeness (QED) is 0.621. The van der Waals surface area contributed by atoms with Crippen molar-refractivity contribution in [1.29, 1.82) is 0 Å². The van der Waals surface area contributed by atoms with E-state index in [0.29, 0.717) is 30.8 Å². The van der Waals surface area contributed by atoms with E-state index in [4.69, 9.17) is 9.15 Å². The summed E-state index contributed by atoms with van der Waals surface area (Å²) in [5.41, 5.74) is -1.50. The van der Waals surface area contributed by atoms with Crippen molar-refractivity contribution >= 4 is 26.9 Å². The molecule has 30 heavy (non-hydrogen) atoms. The van der Waals surface area contributed by atoms with Crippen LogP contribution in [0.3, 0.4) is 0 Å². The van der Waals surface area contributed by atoms with Gasteiger partial charge in [-0.2, -0.15) is 13.2 Å². The Labute approximate surface area is 177 Å². The molecule has 1 aromatic heterocycles. The normalized spacial score (nSPS) is 15.6. The van der Waals surface area contributed by atoms with Crippen LogP contribution in [0.15, 0.2) is 50.1 Å². The minimum absolute atomic E-state index is 0.0387. The molecule has 1 N–H and O–H groups in total. The van der Waals surface area contributed by atoms with E-state index in [2.05, 4.69) is 15.9 Å². The summed E-state index contributed by atoms with van der Waals surface area (Å²) in [6.07, 6.45) is -4.91. The van der Waals surface area contributed by atoms with E-state index in [-0.39, 0.29) is 28.6 Å². The Hall–Kier alpha value is -2.36. The van der Waals surface area contributed by atoms with Gasteiger partial charge in [0.2, 0.25) is 11.2 Å². The van der Waals surface area contributed by atoms with Crippen molar-refractivity contribution in [3.8, 4) is 16.9 Å². The van der Waals surface area contributed by atoms with Gasteiger partial charge in [0.1, 0.15) is 25.2 Å². The SMILES string of the molecule is O=c1c(-c2ccc(Br)cc2)c(C(F)(F)F)oc2c(C[NH+]3CCOCC3)c([O-])ccc12. The summed E-state index contributed by atoms with van der Waals surface area (Å²) < 4.78 is 52.9. The van der Waals surface area contributed by atoms with E-state index in [1.54, 1.807) is 12.1 Å². The fraction of sp³-hybridized carbons (Fsp3) is 0.286. The number of quaternary nitrogens is 1. The van der Waals surface area contributed by atoms with E-state index >= 15 is 0 Å². The molecule has 0 spiro atoms. The second-order valence-corrected chi connectivity index (χ2v) is 8.01. The van der Waals surface area contributed by atoms with Gasteiger partial charge in [-0.05, 0) is 23.8 Å². The smallest absolute Gasteiger partial charge is 0.450 e. The highest BCUT2D eigenvalue weighted by molar-refractivity contribution is 9.10. The highest BCUT2D eigenvalue weighted by atomic mass is 79.9. The predicted molar refractivity (Wildman–Crippen MR) is 105 cm³/mol. The third-order valence-corrected chi connectivity index (χ3v) is 5.67. The zero-order chi connectivity index (χ0) is 21.5. The second kappa shape index (κ2) is 8.05. The average molecular weight is 484 g/mol. The van der Waals surface area contributed by atoms with Gasteiger partial charge in [0.15, 0.2) is 0 Å². The van der Waals surface area contributed by atoms with Gasteiger partial charge in [-0.15, -0.1) is 0 Å². The maximum absolute atomic E-state index is 13.9. The Morgan fingerprint density at radius 2 is 1.73 bits per heavy atom. The van der Waals surface area contributed by atoms with Gasteiger partial charge >= 0.3 is 6.18 Å². The molecule has 9 heteroatoms. The Morgan fingerprint density at radius 3 is 2.37 bits per heavy atom.